The van der Waals surface area contributed by atoms with Crippen molar-refractivity contribution in [3.05, 3.63) is 54.2 Å². The van der Waals surface area contributed by atoms with Gasteiger partial charge in [0.25, 0.3) is 0 Å². The molecule has 5 heteroatoms. The highest BCUT2D eigenvalue weighted by Crippen LogP contribution is 2.42. The van der Waals surface area contributed by atoms with Gasteiger partial charge < -0.3 is 13.9 Å². The molecule has 4 heterocycles. The lowest BCUT2D eigenvalue weighted by Crippen LogP contribution is -2.40. The maximum Gasteiger partial charge on any atom is 0.0947 e. The molecular weight excluding hydrogens is 316 g/mol. The van der Waals surface area contributed by atoms with Crippen LogP contribution in [0, 0.1) is 5.41 Å². The monoisotopic (exact) mass is 342 g/mol. The number of nitrogens with zero attached hydrogens (tertiary/aromatic N) is 2. The van der Waals surface area contributed by atoms with Crippen molar-refractivity contribution in [2.24, 2.45) is 5.41 Å². The van der Waals surface area contributed by atoms with E-state index < -0.39 is 0 Å². The van der Waals surface area contributed by atoms with Crippen LogP contribution in [0.15, 0.2) is 47.5 Å². The standard InChI is InChI=1S/C20H26N2O3/c1-2-17(11-21-6-1)13-24-15-19-10-20(16-25-19)4-7-22(8-5-20)12-18-3-9-23-14-18/h1-3,6,9,11,14,19H,4-5,7-8,10,12-13,15-16H2/t19-/m1/s1. The third-order valence-electron chi connectivity index (χ3n) is 5.48. The summed E-state index contributed by atoms with van der Waals surface area (Å²) < 4.78 is 17.1. The molecule has 0 N–H and O–H groups in total. The minimum atomic E-state index is 0.233. The van der Waals surface area contributed by atoms with Gasteiger partial charge in [-0.15, -0.1) is 0 Å². The Morgan fingerprint density at radius 1 is 1.24 bits per heavy atom. The molecule has 134 valence electrons. The number of rotatable bonds is 6. The van der Waals surface area contributed by atoms with Crippen LogP contribution in [0.25, 0.3) is 0 Å². The number of aromatic nitrogens is 1. The van der Waals surface area contributed by atoms with Gasteiger partial charge in [-0.25, -0.2) is 0 Å². The SMILES string of the molecule is c1cncc(COC[C@H]2CC3(CCN(Cc4ccoc4)CC3)CO2)c1. The summed E-state index contributed by atoms with van der Waals surface area (Å²) in [4.78, 5) is 6.63. The predicted molar refractivity (Wildman–Crippen MR) is 93.9 cm³/mol. The van der Waals surface area contributed by atoms with Crippen molar-refractivity contribution in [1.29, 1.82) is 0 Å². The number of piperidine rings is 1. The predicted octanol–water partition coefficient (Wildman–Crippen LogP) is 3.26. The Balaban J connectivity index is 1.20. The molecule has 0 aliphatic carbocycles. The van der Waals surface area contributed by atoms with Crippen LogP contribution in [0.5, 0.6) is 0 Å². The van der Waals surface area contributed by atoms with E-state index in [4.69, 9.17) is 13.9 Å². The van der Waals surface area contributed by atoms with Crippen LogP contribution in [-0.2, 0) is 22.6 Å². The molecule has 0 saturated carbocycles. The van der Waals surface area contributed by atoms with Gasteiger partial charge in [-0.2, -0.15) is 0 Å². The quantitative estimate of drug-likeness (QED) is 0.806. The van der Waals surface area contributed by atoms with E-state index in [-0.39, 0.29) is 6.10 Å². The van der Waals surface area contributed by atoms with E-state index in [1.54, 1.807) is 12.5 Å². The van der Waals surface area contributed by atoms with Gasteiger partial charge in [0.05, 0.1) is 38.5 Å². The molecule has 25 heavy (non-hydrogen) atoms. The molecule has 1 atom stereocenters. The number of pyridine rings is 1. The lowest BCUT2D eigenvalue weighted by molar-refractivity contribution is 0.00628. The van der Waals surface area contributed by atoms with E-state index in [9.17, 15) is 0 Å². The summed E-state index contributed by atoms with van der Waals surface area (Å²) in [5.74, 6) is 0. The summed E-state index contributed by atoms with van der Waals surface area (Å²) >= 11 is 0. The summed E-state index contributed by atoms with van der Waals surface area (Å²) in [6.07, 6.45) is 11.0. The number of furan rings is 1. The number of hydrogen-bond acceptors (Lipinski definition) is 5. The minimum Gasteiger partial charge on any atom is -0.472 e. The van der Waals surface area contributed by atoms with Gasteiger partial charge in [0.1, 0.15) is 0 Å². The number of ether oxygens (including phenoxy) is 2. The average Bonchev–Trinajstić information content (AvgIpc) is 3.29. The number of hydrogen-bond donors (Lipinski definition) is 0. The van der Waals surface area contributed by atoms with Crippen LogP contribution in [0.1, 0.15) is 30.4 Å². The van der Waals surface area contributed by atoms with Crippen molar-refractivity contribution in [3.8, 4) is 0 Å². The Kier molecular flexibility index (Phi) is 5.15. The van der Waals surface area contributed by atoms with Gasteiger partial charge in [0.15, 0.2) is 0 Å². The fourth-order valence-corrected chi connectivity index (χ4v) is 3.97. The van der Waals surface area contributed by atoms with E-state index in [1.165, 1.54) is 18.4 Å². The third-order valence-corrected chi connectivity index (χ3v) is 5.48. The molecule has 5 nitrogen and oxygen atoms in total. The lowest BCUT2D eigenvalue weighted by Gasteiger charge is -2.38. The van der Waals surface area contributed by atoms with Crippen LogP contribution in [-0.4, -0.2) is 42.3 Å². The second kappa shape index (κ2) is 7.68. The summed E-state index contributed by atoms with van der Waals surface area (Å²) in [6.45, 7) is 5.43. The third kappa shape index (κ3) is 4.29. The molecular formula is C20H26N2O3. The van der Waals surface area contributed by atoms with Gasteiger partial charge >= 0.3 is 0 Å². The van der Waals surface area contributed by atoms with E-state index >= 15 is 0 Å². The second-order valence-electron chi connectivity index (χ2n) is 7.42. The molecule has 1 spiro atoms. The summed E-state index contributed by atoms with van der Waals surface area (Å²) in [5, 5.41) is 0. The van der Waals surface area contributed by atoms with Crippen molar-refractivity contribution in [1.82, 2.24) is 9.88 Å². The molecule has 2 fully saturated rings. The first-order chi connectivity index (χ1) is 12.3. The van der Waals surface area contributed by atoms with Crippen LogP contribution >= 0.6 is 0 Å². The molecule has 0 unspecified atom stereocenters. The highest BCUT2D eigenvalue weighted by Gasteiger charge is 2.42. The Hall–Kier alpha value is -1.69. The molecule has 2 aliphatic heterocycles. The zero-order valence-electron chi connectivity index (χ0n) is 14.6. The van der Waals surface area contributed by atoms with Crippen molar-refractivity contribution < 1.29 is 13.9 Å². The molecule has 2 aromatic rings. The Morgan fingerprint density at radius 3 is 2.92 bits per heavy atom. The topological polar surface area (TPSA) is 47.7 Å². The fraction of sp³-hybridized carbons (Fsp3) is 0.550. The number of likely N-dealkylation sites (tertiary alicyclic amines) is 1. The van der Waals surface area contributed by atoms with E-state index in [0.717, 1.165) is 38.2 Å². The largest absolute Gasteiger partial charge is 0.472 e. The van der Waals surface area contributed by atoms with Gasteiger partial charge in [-0.05, 0) is 55.5 Å². The van der Waals surface area contributed by atoms with Crippen molar-refractivity contribution in [3.63, 3.8) is 0 Å². The molecule has 0 radical (unpaired) electrons. The van der Waals surface area contributed by atoms with Gasteiger partial charge in [0, 0.05) is 24.5 Å². The highest BCUT2D eigenvalue weighted by atomic mass is 16.5. The maximum atomic E-state index is 6.05. The zero-order chi connectivity index (χ0) is 17.0. The summed E-state index contributed by atoms with van der Waals surface area (Å²) in [7, 11) is 0. The maximum absolute atomic E-state index is 6.05. The lowest BCUT2D eigenvalue weighted by atomic mass is 9.76. The first-order valence-corrected chi connectivity index (χ1v) is 9.13. The Bertz CT molecular complexity index is 636. The Morgan fingerprint density at radius 2 is 2.16 bits per heavy atom. The normalized spacial score (nSPS) is 23.3. The van der Waals surface area contributed by atoms with Crippen LogP contribution in [0.3, 0.4) is 0 Å². The van der Waals surface area contributed by atoms with E-state index in [0.29, 0.717) is 18.6 Å². The second-order valence-corrected chi connectivity index (χ2v) is 7.42. The molecule has 0 aromatic carbocycles. The molecule has 2 aromatic heterocycles. The van der Waals surface area contributed by atoms with E-state index in [2.05, 4.69) is 16.0 Å². The van der Waals surface area contributed by atoms with Gasteiger partial charge in [-0.3, -0.25) is 9.88 Å². The first kappa shape index (κ1) is 16.8. The van der Waals surface area contributed by atoms with Crippen LogP contribution in [0.2, 0.25) is 0 Å². The molecule has 0 bridgehead atoms. The summed E-state index contributed by atoms with van der Waals surface area (Å²) in [5.41, 5.74) is 2.73. The first-order valence-electron chi connectivity index (χ1n) is 9.13. The van der Waals surface area contributed by atoms with Gasteiger partial charge in [0.2, 0.25) is 0 Å². The van der Waals surface area contributed by atoms with Crippen molar-refractivity contribution in [2.45, 2.75) is 38.5 Å². The van der Waals surface area contributed by atoms with Crippen molar-refractivity contribution >= 4 is 0 Å². The smallest absolute Gasteiger partial charge is 0.0947 e. The minimum absolute atomic E-state index is 0.233. The Labute approximate surface area is 148 Å². The molecule has 4 rings (SSSR count). The fourth-order valence-electron chi connectivity index (χ4n) is 3.97. The zero-order valence-corrected chi connectivity index (χ0v) is 14.6. The van der Waals surface area contributed by atoms with Crippen LogP contribution < -0.4 is 0 Å². The molecule has 2 aliphatic rings. The average molecular weight is 342 g/mol. The van der Waals surface area contributed by atoms with Crippen molar-refractivity contribution in [2.75, 3.05) is 26.3 Å². The van der Waals surface area contributed by atoms with Crippen LogP contribution in [0.4, 0.5) is 0 Å². The van der Waals surface area contributed by atoms with Gasteiger partial charge in [-0.1, -0.05) is 6.07 Å². The van der Waals surface area contributed by atoms with E-state index in [1.807, 2.05) is 24.6 Å². The summed E-state index contributed by atoms with van der Waals surface area (Å²) in [6, 6.07) is 6.04. The molecule has 2 saturated heterocycles. The highest BCUT2D eigenvalue weighted by molar-refractivity contribution is 5.07. The molecule has 0 amide bonds.